The molecule has 2 aromatic carbocycles. The molecular weight excluding hydrogens is 379 g/mol. The van der Waals surface area contributed by atoms with E-state index in [9.17, 15) is 14.0 Å². The number of nitrogens with zero attached hydrogens (tertiary/aromatic N) is 1. The summed E-state index contributed by atoms with van der Waals surface area (Å²) in [6.07, 6.45) is 2.72. The van der Waals surface area contributed by atoms with Gasteiger partial charge in [0.2, 0.25) is 11.8 Å². The maximum absolute atomic E-state index is 13.3. The topological polar surface area (TPSA) is 49.4 Å². The maximum Gasteiger partial charge on any atom is 0.242 e. The van der Waals surface area contributed by atoms with Crippen LogP contribution in [0.25, 0.3) is 0 Å². The zero-order valence-corrected chi connectivity index (χ0v) is 18.5. The molecule has 5 heteroatoms. The Morgan fingerprint density at radius 2 is 1.50 bits per heavy atom. The van der Waals surface area contributed by atoms with Gasteiger partial charge in [0.25, 0.3) is 0 Å². The highest BCUT2D eigenvalue weighted by atomic mass is 19.1. The Balaban J connectivity index is 2.12. The Morgan fingerprint density at radius 1 is 0.933 bits per heavy atom. The molecule has 30 heavy (non-hydrogen) atoms. The number of nitrogens with one attached hydrogen (secondary N) is 1. The highest BCUT2D eigenvalue weighted by Gasteiger charge is 2.26. The standard InChI is InChI=1S/C25H33FN2O2/c1-5-18(3)27-25(30)19(4)28(17-22-11-14-23(26)15-12-22)24(29)16-13-21-9-7-20(6-2)8-10-21/h7-12,14-15,18-19H,5-6,13,16-17H2,1-4H3,(H,27,30)/t18-,19-/m1/s1. The molecule has 0 fully saturated rings. The fourth-order valence-electron chi connectivity index (χ4n) is 3.17. The first-order chi connectivity index (χ1) is 14.3. The average molecular weight is 413 g/mol. The summed E-state index contributed by atoms with van der Waals surface area (Å²) in [7, 11) is 0. The van der Waals surface area contributed by atoms with Gasteiger partial charge in [-0.3, -0.25) is 9.59 Å². The second-order valence-electron chi connectivity index (χ2n) is 7.81. The molecule has 0 saturated heterocycles. The summed E-state index contributed by atoms with van der Waals surface area (Å²) >= 11 is 0. The lowest BCUT2D eigenvalue weighted by molar-refractivity contribution is -0.140. The van der Waals surface area contributed by atoms with Crippen molar-refractivity contribution in [2.24, 2.45) is 0 Å². The van der Waals surface area contributed by atoms with E-state index < -0.39 is 6.04 Å². The zero-order valence-electron chi connectivity index (χ0n) is 18.5. The van der Waals surface area contributed by atoms with Crippen molar-refractivity contribution in [3.63, 3.8) is 0 Å². The lowest BCUT2D eigenvalue weighted by Crippen LogP contribution is -2.49. The van der Waals surface area contributed by atoms with Gasteiger partial charge in [0.05, 0.1) is 0 Å². The number of amides is 2. The molecule has 2 aromatic rings. The zero-order chi connectivity index (χ0) is 22.1. The first kappa shape index (κ1) is 23.6. The molecule has 2 amide bonds. The van der Waals surface area contributed by atoms with E-state index >= 15 is 0 Å². The second kappa shape index (κ2) is 11.5. The molecule has 1 N–H and O–H groups in total. The molecule has 0 radical (unpaired) electrons. The van der Waals surface area contributed by atoms with Crippen LogP contribution in [0.3, 0.4) is 0 Å². The van der Waals surface area contributed by atoms with Crippen LogP contribution in [0.1, 0.15) is 57.2 Å². The number of halogens is 1. The number of hydrogen-bond donors (Lipinski definition) is 1. The molecule has 0 aliphatic heterocycles. The molecule has 2 atom stereocenters. The summed E-state index contributed by atoms with van der Waals surface area (Å²) in [6, 6.07) is 13.7. The second-order valence-corrected chi connectivity index (χ2v) is 7.81. The number of carbonyl (C=O) groups is 2. The van der Waals surface area contributed by atoms with Gasteiger partial charge in [-0.05, 0) is 61.9 Å². The van der Waals surface area contributed by atoms with Crippen LogP contribution < -0.4 is 5.32 Å². The van der Waals surface area contributed by atoms with Crippen molar-refractivity contribution in [3.8, 4) is 0 Å². The lowest BCUT2D eigenvalue weighted by atomic mass is 10.0. The van der Waals surface area contributed by atoms with Crippen molar-refractivity contribution in [3.05, 3.63) is 71.0 Å². The summed E-state index contributed by atoms with van der Waals surface area (Å²) < 4.78 is 13.3. The first-order valence-corrected chi connectivity index (χ1v) is 10.8. The Hall–Kier alpha value is -2.69. The molecular formula is C25H33FN2O2. The van der Waals surface area contributed by atoms with E-state index in [0.29, 0.717) is 12.8 Å². The molecule has 4 nitrogen and oxygen atoms in total. The predicted octanol–water partition coefficient (Wildman–Crippen LogP) is 4.65. The normalized spacial score (nSPS) is 12.8. The fourth-order valence-corrected chi connectivity index (χ4v) is 3.17. The number of benzene rings is 2. The fraction of sp³-hybridized carbons (Fsp3) is 0.440. The molecule has 0 heterocycles. The maximum atomic E-state index is 13.3. The van der Waals surface area contributed by atoms with Crippen molar-refractivity contribution in [1.82, 2.24) is 10.2 Å². The van der Waals surface area contributed by atoms with Crippen molar-refractivity contribution in [1.29, 1.82) is 0 Å². The third-order valence-electron chi connectivity index (χ3n) is 5.49. The Morgan fingerprint density at radius 3 is 2.07 bits per heavy atom. The van der Waals surface area contributed by atoms with E-state index in [1.165, 1.54) is 17.7 Å². The van der Waals surface area contributed by atoms with Crippen molar-refractivity contribution >= 4 is 11.8 Å². The highest BCUT2D eigenvalue weighted by molar-refractivity contribution is 5.87. The summed E-state index contributed by atoms with van der Waals surface area (Å²) in [5.74, 6) is -0.590. The quantitative estimate of drug-likeness (QED) is 0.617. The van der Waals surface area contributed by atoms with Gasteiger partial charge in [-0.1, -0.05) is 50.2 Å². The van der Waals surface area contributed by atoms with Gasteiger partial charge in [0.1, 0.15) is 11.9 Å². The summed E-state index contributed by atoms with van der Waals surface area (Å²) in [5, 5.41) is 2.95. The van der Waals surface area contributed by atoms with E-state index in [-0.39, 0.29) is 30.2 Å². The van der Waals surface area contributed by atoms with E-state index in [4.69, 9.17) is 0 Å². The average Bonchev–Trinajstić information content (AvgIpc) is 2.76. The van der Waals surface area contributed by atoms with Crippen LogP contribution in [-0.4, -0.2) is 28.8 Å². The summed E-state index contributed by atoms with van der Waals surface area (Å²) in [4.78, 5) is 27.4. The Kier molecular flexibility index (Phi) is 9.03. The summed E-state index contributed by atoms with van der Waals surface area (Å²) in [6.45, 7) is 8.06. The van der Waals surface area contributed by atoms with Crippen molar-refractivity contribution < 1.29 is 14.0 Å². The van der Waals surface area contributed by atoms with Crippen LogP contribution in [0.4, 0.5) is 4.39 Å². The van der Waals surface area contributed by atoms with Gasteiger partial charge in [-0.2, -0.15) is 0 Å². The van der Waals surface area contributed by atoms with E-state index in [1.54, 1.807) is 24.0 Å². The van der Waals surface area contributed by atoms with Gasteiger partial charge < -0.3 is 10.2 Å². The molecule has 0 aliphatic rings. The molecule has 0 aromatic heterocycles. The third kappa shape index (κ3) is 6.97. The highest BCUT2D eigenvalue weighted by Crippen LogP contribution is 2.14. The van der Waals surface area contributed by atoms with Crippen molar-refractivity contribution in [2.75, 3.05) is 0 Å². The van der Waals surface area contributed by atoms with Crippen LogP contribution >= 0.6 is 0 Å². The van der Waals surface area contributed by atoms with Crippen molar-refractivity contribution in [2.45, 2.75) is 72.0 Å². The lowest BCUT2D eigenvalue weighted by Gasteiger charge is -2.30. The monoisotopic (exact) mass is 412 g/mol. The van der Waals surface area contributed by atoms with E-state index in [2.05, 4.69) is 36.5 Å². The molecule has 0 unspecified atom stereocenters. The van der Waals surface area contributed by atoms with Gasteiger partial charge >= 0.3 is 0 Å². The minimum Gasteiger partial charge on any atom is -0.352 e. The largest absolute Gasteiger partial charge is 0.352 e. The van der Waals surface area contributed by atoms with Crippen LogP contribution in [0.2, 0.25) is 0 Å². The number of aryl methyl sites for hydroxylation is 2. The predicted molar refractivity (Wildman–Crippen MR) is 118 cm³/mol. The third-order valence-corrected chi connectivity index (χ3v) is 5.49. The number of rotatable bonds is 10. The van der Waals surface area contributed by atoms with E-state index in [0.717, 1.165) is 24.0 Å². The van der Waals surface area contributed by atoms with Crippen LogP contribution in [0.15, 0.2) is 48.5 Å². The van der Waals surface area contributed by atoms with Crippen LogP contribution in [-0.2, 0) is 29.0 Å². The number of hydrogen-bond acceptors (Lipinski definition) is 2. The van der Waals surface area contributed by atoms with Crippen LogP contribution in [0, 0.1) is 5.82 Å². The van der Waals surface area contributed by atoms with Crippen LogP contribution in [0.5, 0.6) is 0 Å². The molecule has 0 bridgehead atoms. The molecule has 0 saturated carbocycles. The van der Waals surface area contributed by atoms with E-state index in [1.807, 2.05) is 13.8 Å². The molecule has 162 valence electrons. The SMILES string of the molecule is CCc1ccc(CCC(=O)N(Cc2ccc(F)cc2)[C@H](C)C(=O)N[C@H](C)CC)cc1. The van der Waals surface area contributed by atoms with Gasteiger partial charge in [-0.25, -0.2) is 4.39 Å². The smallest absolute Gasteiger partial charge is 0.242 e. The Labute approximate surface area is 179 Å². The van der Waals surface area contributed by atoms with Gasteiger partial charge in [-0.15, -0.1) is 0 Å². The molecule has 0 spiro atoms. The molecule has 2 rings (SSSR count). The molecule has 0 aliphatic carbocycles. The Bertz CT molecular complexity index is 818. The first-order valence-electron chi connectivity index (χ1n) is 10.8. The minimum absolute atomic E-state index is 0.0415. The summed E-state index contributed by atoms with van der Waals surface area (Å²) in [5.41, 5.74) is 3.15. The minimum atomic E-state index is -0.612. The van der Waals surface area contributed by atoms with Gasteiger partial charge in [0.15, 0.2) is 0 Å². The number of carbonyl (C=O) groups excluding carboxylic acids is 2. The van der Waals surface area contributed by atoms with Gasteiger partial charge in [0, 0.05) is 19.0 Å².